The van der Waals surface area contributed by atoms with E-state index in [9.17, 15) is 4.79 Å². The molecule has 1 aromatic carbocycles. The van der Waals surface area contributed by atoms with Gasteiger partial charge in [0.15, 0.2) is 0 Å². The van der Waals surface area contributed by atoms with Crippen LogP contribution in [0.25, 0.3) is 10.9 Å². The van der Waals surface area contributed by atoms with Gasteiger partial charge in [0.05, 0.1) is 5.01 Å². The summed E-state index contributed by atoms with van der Waals surface area (Å²) >= 11 is 1.55. The van der Waals surface area contributed by atoms with E-state index >= 15 is 0 Å². The number of nitrogens with zero attached hydrogens (tertiary/aromatic N) is 1. The number of H-pyrrole nitrogens is 1. The highest BCUT2D eigenvalue weighted by molar-refractivity contribution is 7.10. The van der Waals surface area contributed by atoms with Crippen LogP contribution in [0.1, 0.15) is 40.8 Å². The van der Waals surface area contributed by atoms with Crippen molar-refractivity contribution >= 4 is 28.0 Å². The topological polar surface area (TPSA) is 45.8 Å². The van der Waals surface area contributed by atoms with Gasteiger partial charge in [-0.05, 0) is 6.07 Å². The number of carbonyl (C=O) groups excluding carboxylic acids is 1. The Bertz CT molecular complexity index is 739. The van der Waals surface area contributed by atoms with Crippen LogP contribution in [0.2, 0.25) is 0 Å². The second-order valence-electron chi connectivity index (χ2n) is 4.80. The third-order valence-electron chi connectivity index (χ3n) is 3.08. The number of hydrogen-bond donors (Lipinski definition) is 1. The van der Waals surface area contributed by atoms with Gasteiger partial charge in [-0.25, -0.2) is 4.98 Å². The first-order valence-corrected chi connectivity index (χ1v) is 7.11. The van der Waals surface area contributed by atoms with E-state index in [0.29, 0.717) is 17.2 Å². The van der Waals surface area contributed by atoms with E-state index < -0.39 is 0 Å². The van der Waals surface area contributed by atoms with E-state index in [-0.39, 0.29) is 5.78 Å². The molecule has 0 aliphatic rings. The molecule has 3 aromatic rings. The average Bonchev–Trinajstić information content (AvgIpc) is 3.05. The molecule has 0 spiro atoms. The van der Waals surface area contributed by atoms with E-state index in [0.717, 1.165) is 15.9 Å². The van der Waals surface area contributed by atoms with Crippen molar-refractivity contribution in [1.82, 2.24) is 9.97 Å². The Hall–Kier alpha value is -1.94. The third-order valence-corrected chi connectivity index (χ3v) is 4.23. The number of thiazole rings is 1. The molecule has 0 amide bonds. The van der Waals surface area contributed by atoms with E-state index in [1.807, 2.05) is 29.6 Å². The van der Waals surface area contributed by atoms with Crippen LogP contribution in [-0.4, -0.2) is 15.8 Å². The van der Waals surface area contributed by atoms with Crippen LogP contribution >= 0.6 is 11.3 Å². The van der Waals surface area contributed by atoms with Gasteiger partial charge < -0.3 is 4.98 Å². The quantitative estimate of drug-likeness (QED) is 0.732. The highest BCUT2D eigenvalue weighted by Crippen LogP contribution is 2.24. The summed E-state index contributed by atoms with van der Waals surface area (Å²) in [5.74, 6) is 0.343. The molecule has 0 bridgehead atoms. The first kappa shape index (κ1) is 12.1. The Morgan fingerprint density at radius 1 is 1.32 bits per heavy atom. The Morgan fingerprint density at radius 2 is 2.11 bits per heavy atom. The molecule has 0 saturated heterocycles. The maximum Gasteiger partial charge on any atom is 0.214 e. The highest BCUT2D eigenvalue weighted by Gasteiger charge is 2.17. The molecule has 4 heteroatoms. The molecule has 2 aromatic heterocycles. The number of nitrogens with one attached hydrogen (secondary N) is 1. The van der Waals surface area contributed by atoms with Gasteiger partial charge in [-0.3, -0.25) is 4.79 Å². The lowest BCUT2D eigenvalue weighted by atomic mass is 10.1. The van der Waals surface area contributed by atoms with Gasteiger partial charge in [-0.1, -0.05) is 32.0 Å². The normalized spacial score (nSPS) is 11.3. The second-order valence-corrected chi connectivity index (χ2v) is 5.69. The number of carbonyl (C=O) groups is 1. The minimum atomic E-state index is -0.0133. The summed E-state index contributed by atoms with van der Waals surface area (Å²) in [5.41, 5.74) is 2.21. The van der Waals surface area contributed by atoms with Crippen molar-refractivity contribution in [1.29, 1.82) is 0 Å². The minimum absolute atomic E-state index is 0.0133. The van der Waals surface area contributed by atoms with Gasteiger partial charge in [-0.15, -0.1) is 11.3 Å². The summed E-state index contributed by atoms with van der Waals surface area (Å²) in [4.78, 5) is 20.0. The predicted molar refractivity (Wildman–Crippen MR) is 77.9 cm³/mol. The summed E-state index contributed by atoms with van der Waals surface area (Å²) in [7, 11) is 0. The maximum absolute atomic E-state index is 12.5. The van der Waals surface area contributed by atoms with Gasteiger partial charge in [0, 0.05) is 34.0 Å². The van der Waals surface area contributed by atoms with Crippen molar-refractivity contribution in [3.05, 3.63) is 52.1 Å². The van der Waals surface area contributed by atoms with Crippen molar-refractivity contribution in [3.63, 3.8) is 0 Å². The standard InChI is InChI=1S/C15H14N2OS/c1-9(2)15-17-13(8-19-15)14(18)11-7-16-12-6-4-3-5-10(11)12/h3-9,16H,1-2H3. The molecule has 0 radical (unpaired) electrons. The second kappa shape index (κ2) is 4.63. The minimum Gasteiger partial charge on any atom is -0.360 e. The molecule has 0 aliphatic carbocycles. The molecule has 19 heavy (non-hydrogen) atoms. The van der Waals surface area contributed by atoms with E-state index in [1.165, 1.54) is 0 Å². The number of ketones is 1. The fourth-order valence-electron chi connectivity index (χ4n) is 2.05. The number of benzene rings is 1. The van der Waals surface area contributed by atoms with E-state index in [1.54, 1.807) is 17.5 Å². The lowest BCUT2D eigenvalue weighted by molar-refractivity contribution is 0.103. The van der Waals surface area contributed by atoms with Crippen LogP contribution in [0.3, 0.4) is 0 Å². The van der Waals surface area contributed by atoms with Crippen LogP contribution in [0.15, 0.2) is 35.8 Å². The maximum atomic E-state index is 12.5. The molecule has 3 rings (SSSR count). The zero-order valence-corrected chi connectivity index (χ0v) is 11.6. The molecule has 2 heterocycles. The van der Waals surface area contributed by atoms with Gasteiger partial charge in [0.1, 0.15) is 5.69 Å². The number of fused-ring (bicyclic) bond motifs is 1. The number of para-hydroxylation sites is 1. The average molecular weight is 270 g/mol. The van der Waals surface area contributed by atoms with E-state index in [2.05, 4.69) is 23.8 Å². The highest BCUT2D eigenvalue weighted by atomic mass is 32.1. The van der Waals surface area contributed by atoms with Crippen LogP contribution < -0.4 is 0 Å². The molecule has 0 unspecified atom stereocenters. The Kier molecular flexibility index (Phi) is 2.95. The lowest BCUT2D eigenvalue weighted by Crippen LogP contribution is -2.01. The van der Waals surface area contributed by atoms with Crippen molar-refractivity contribution in [2.45, 2.75) is 19.8 Å². The van der Waals surface area contributed by atoms with Gasteiger partial charge in [-0.2, -0.15) is 0 Å². The lowest BCUT2D eigenvalue weighted by Gasteiger charge is -1.97. The number of hydrogen-bond acceptors (Lipinski definition) is 3. The smallest absolute Gasteiger partial charge is 0.214 e. The molecule has 1 N–H and O–H groups in total. The molecule has 0 fully saturated rings. The SMILES string of the molecule is CC(C)c1nc(C(=O)c2c[nH]c3ccccc23)cs1. The van der Waals surface area contributed by atoms with Crippen LogP contribution in [0.5, 0.6) is 0 Å². The van der Waals surface area contributed by atoms with Crippen molar-refractivity contribution in [3.8, 4) is 0 Å². The summed E-state index contributed by atoms with van der Waals surface area (Å²) in [6, 6.07) is 7.81. The van der Waals surface area contributed by atoms with Crippen LogP contribution in [0.4, 0.5) is 0 Å². The zero-order valence-electron chi connectivity index (χ0n) is 10.8. The Balaban J connectivity index is 2.03. The molecule has 0 aliphatic heterocycles. The van der Waals surface area contributed by atoms with Crippen molar-refractivity contribution in [2.75, 3.05) is 0 Å². The van der Waals surface area contributed by atoms with Gasteiger partial charge >= 0.3 is 0 Å². The summed E-state index contributed by atoms with van der Waals surface area (Å²) in [5, 5.41) is 3.80. The molecule has 96 valence electrons. The summed E-state index contributed by atoms with van der Waals surface area (Å²) in [6.07, 6.45) is 1.77. The monoisotopic (exact) mass is 270 g/mol. The number of rotatable bonds is 3. The molecular weight excluding hydrogens is 256 g/mol. The fraction of sp³-hybridized carbons (Fsp3) is 0.200. The summed E-state index contributed by atoms with van der Waals surface area (Å²) < 4.78 is 0. The van der Waals surface area contributed by atoms with Crippen LogP contribution in [-0.2, 0) is 0 Å². The number of aromatic amines is 1. The first-order chi connectivity index (χ1) is 9.16. The largest absolute Gasteiger partial charge is 0.360 e. The predicted octanol–water partition coefficient (Wildman–Crippen LogP) is 3.98. The molecular formula is C15H14N2OS. The van der Waals surface area contributed by atoms with Crippen molar-refractivity contribution in [2.24, 2.45) is 0 Å². The first-order valence-electron chi connectivity index (χ1n) is 6.23. The molecule has 3 nitrogen and oxygen atoms in total. The Morgan fingerprint density at radius 3 is 2.84 bits per heavy atom. The third kappa shape index (κ3) is 2.08. The van der Waals surface area contributed by atoms with Gasteiger partial charge in [0.2, 0.25) is 5.78 Å². The molecule has 0 saturated carbocycles. The molecule has 0 atom stereocenters. The Labute approximate surface area is 115 Å². The van der Waals surface area contributed by atoms with Gasteiger partial charge in [0.25, 0.3) is 0 Å². The fourth-order valence-corrected chi connectivity index (χ4v) is 2.87. The number of aromatic nitrogens is 2. The summed E-state index contributed by atoms with van der Waals surface area (Å²) in [6.45, 7) is 4.16. The van der Waals surface area contributed by atoms with Crippen LogP contribution in [0, 0.1) is 0 Å². The zero-order chi connectivity index (χ0) is 13.4. The van der Waals surface area contributed by atoms with E-state index in [4.69, 9.17) is 0 Å². The van der Waals surface area contributed by atoms with Crippen molar-refractivity contribution < 1.29 is 4.79 Å².